The van der Waals surface area contributed by atoms with Gasteiger partial charge in [-0.05, 0) is 38.0 Å². The number of carbonyl (C=O) groups is 1. The van der Waals surface area contributed by atoms with Crippen LogP contribution in [0.25, 0.3) is 10.9 Å². The van der Waals surface area contributed by atoms with Crippen molar-refractivity contribution in [2.45, 2.75) is 26.2 Å². The van der Waals surface area contributed by atoms with Crippen LogP contribution >= 0.6 is 0 Å². The Morgan fingerprint density at radius 1 is 1.36 bits per heavy atom. The minimum Gasteiger partial charge on any atom is -0.379 e. The average molecular weight is 340 g/mol. The van der Waals surface area contributed by atoms with Crippen molar-refractivity contribution in [1.82, 2.24) is 14.9 Å². The molecule has 6 heteroatoms. The molecule has 25 heavy (non-hydrogen) atoms. The number of hydrogen-bond acceptors (Lipinski definition) is 5. The molecule has 1 saturated heterocycles. The van der Waals surface area contributed by atoms with E-state index in [0.29, 0.717) is 18.7 Å². The molecule has 1 saturated carbocycles. The lowest BCUT2D eigenvalue weighted by Crippen LogP contribution is -2.45. The maximum Gasteiger partial charge on any atom is 0.254 e. The number of benzene rings is 1. The zero-order chi connectivity index (χ0) is 17.3. The van der Waals surface area contributed by atoms with Gasteiger partial charge in [-0.1, -0.05) is 6.42 Å². The Bertz CT molecular complexity index is 788. The van der Waals surface area contributed by atoms with Crippen LogP contribution < -0.4 is 5.32 Å². The van der Waals surface area contributed by atoms with E-state index in [1.54, 1.807) is 0 Å². The molecule has 0 radical (unpaired) electrons. The third kappa shape index (κ3) is 3.06. The fraction of sp³-hybridized carbons (Fsp3) is 0.526. The summed E-state index contributed by atoms with van der Waals surface area (Å²) in [5.74, 6) is 0.880. The predicted octanol–water partition coefficient (Wildman–Crippen LogP) is 2.70. The summed E-state index contributed by atoms with van der Waals surface area (Å²) in [4.78, 5) is 23.6. The van der Waals surface area contributed by atoms with Crippen LogP contribution in [0.4, 0.5) is 5.82 Å². The highest BCUT2D eigenvalue weighted by Gasteiger charge is 2.41. The molecule has 1 amide bonds. The number of fused-ring (bicyclic) bond motifs is 1. The van der Waals surface area contributed by atoms with Gasteiger partial charge in [0.15, 0.2) is 0 Å². The summed E-state index contributed by atoms with van der Waals surface area (Å²) in [6.07, 6.45) is 5.10. The van der Waals surface area contributed by atoms with Gasteiger partial charge in [-0.15, -0.1) is 0 Å². The van der Waals surface area contributed by atoms with Crippen molar-refractivity contribution in [3.05, 3.63) is 30.1 Å². The molecular weight excluding hydrogens is 316 g/mol. The highest BCUT2D eigenvalue weighted by molar-refractivity contribution is 5.99. The standard InChI is InChI=1S/C19H24N4O2/c1-2-20-17-15-5-4-14(10-16(15)21-13-22-17)18(24)23-8-9-25-12-19(11-23)6-3-7-19/h4-5,10,13H,2-3,6-9,11-12H2,1H3,(H,20,21,22). The van der Waals surface area contributed by atoms with E-state index in [0.717, 1.165) is 49.3 Å². The summed E-state index contributed by atoms with van der Waals surface area (Å²) in [6, 6.07) is 5.70. The van der Waals surface area contributed by atoms with Crippen molar-refractivity contribution in [2.24, 2.45) is 5.41 Å². The Morgan fingerprint density at radius 2 is 2.24 bits per heavy atom. The Labute approximate surface area is 147 Å². The lowest BCUT2D eigenvalue weighted by molar-refractivity contribution is 0.0104. The first-order valence-electron chi connectivity index (χ1n) is 9.06. The van der Waals surface area contributed by atoms with Gasteiger partial charge in [0, 0.05) is 36.0 Å². The average Bonchev–Trinajstić information content (AvgIpc) is 2.84. The number of aromatic nitrogens is 2. The van der Waals surface area contributed by atoms with Gasteiger partial charge in [-0.25, -0.2) is 9.97 Å². The Hall–Kier alpha value is -2.21. The van der Waals surface area contributed by atoms with Gasteiger partial charge in [0.05, 0.1) is 18.7 Å². The van der Waals surface area contributed by atoms with Gasteiger partial charge in [-0.3, -0.25) is 4.79 Å². The summed E-state index contributed by atoms with van der Waals surface area (Å²) >= 11 is 0. The summed E-state index contributed by atoms with van der Waals surface area (Å²) in [5.41, 5.74) is 1.66. The SMILES string of the molecule is CCNc1ncnc2cc(C(=O)N3CCOCC4(CCC4)C3)ccc12. The number of ether oxygens (including phenoxy) is 1. The fourth-order valence-electron chi connectivity index (χ4n) is 3.83. The molecule has 1 aliphatic heterocycles. The minimum absolute atomic E-state index is 0.0716. The normalized spacial score (nSPS) is 19.5. The second kappa shape index (κ2) is 6.59. The molecule has 2 fully saturated rings. The van der Waals surface area contributed by atoms with Crippen molar-refractivity contribution in [3.63, 3.8) is 0 Å². The lowest BCUT2D eigenvalue weighted by Gasteiger charge is -2.42. The summed E-state index contributed by atoms with van der Waals surface area (Å²) < 4.78 is 5.76. The second-order valence-electron chi connectivity index (χ2n) is 7.12. The molecule has 0 bridgehead atoms. The molecular formula is C19H24N4O2. The lowest BCUT2D eigenvalue weighted by atomic mass is 9.69. The largest absolute Gasteiger partial charge is 0.379 e. The van der Waals surface area contributed by atoms with E-state index in [-0.39, 0.29) is 11.3 Å². The number of nitrogens with zero attached hydrogens (tertiary/aromatic N) is 3. The molecule has 4 rings (SSSR count). The maximum atomic E-state index is 13.0. The van der Waals surface area contributed by atoms with Crippen LogP contribution in [-0.4, -0.2) is 53.6 Å². The number of carbonyl (C=O) groups excluding carboxylic acids is 1. The van der Waals surface area contributed by atoms with Gasteiger partial charge >= 0.3 is 0 Å². The molecule has 1 aliphatic carbocycles. The second-order valence-corrected chi connectivity index (χ2v) is 7.12. The molecule has 1 spiro atoms. The monoisotopic (exact) mass is 340 g/mol. The number of amides is 1. The first kappa shape index (κ1) is 16.3. The van der Waals surface area contributed by atoms with Crippen LogP contribution in [0.2, 0.25) is 0 Å². The summed E-state index contributed by atoms with van der Waals surface area (Å²) in [5, 5.41) is 4.17. The van der Waals surface area contributed by atoms with E-state index in [2.05, 4.69) is 15.3 Å². The molecule has 6 nitrogen and oxygen atoms in total. The van der Waals surface area contributed by atoms with Crippen molar-refractivity contribution in [3.8, 4) is 0 Å². The topological polar surface area (TPSA) is 67.4 Å². The summed E-state index contributed by atoms with van der Waals surface area (Å²) in [7, 11) is 0. The number of rotatable bonds is 3. The van der Waals surface area contributed by atoms with E-state index in [4.69, 9.17) is 4.74 Å². The maximum absolute atomic E-state index is 13.0. The van der Waals surface area contributed by atoms with Gasteiger partial charge in [0.1, 0.15) is 12.1 Å². The number of anilines is 1. The molecule has 2 aromatic rings. The van der Waals surface area contributed by atoms with Crippen LogP contribution in [0.1, 0.15) is 36.5 Å². The zero-order valence-corrected chi connectivity index (χ0v) is 14.6. The molecule has 2 aliphatic rings. The van der Waals surface area contributed by atoms with Crippen molar-refractivity contribution in [1.29, 1.82) is 0 Å². The van der Waals surface area contributed by atoms with Crippen LogP contribution in [-0.2, 0) is 4.74 Å². The molecule has 1 N–H and O–H groups in total. The molecule has 1 aromatic heterocycles. The van der Waals surface area contributed by atoms with Crippen LogP contribution in [0.5, 0.6) is 0 Å². The molecule has 2 heterocycles. The fourth-order valence-corrected chi connectivity index (χ4v) is 3.83. The molecule has 1 aromatic carbocycles. The van der Waals surface area contributed by atoms with E-state index < -0.39 is 0 Å². The smallest absolute Gasteiger partial charge is 0.254 e. The van der Waals surface area contributed by atoms with E-state index in [9.17, 15) is 4.79 Å². The van der Waals surface area contributed by atoms with Gasteiger partial charge in [-0.2, -0.15) is 0 Å². The molecule has 132 valence electrons. The molecule has 0 atom stereocenters. The highest BCUT2D eigenvalue weighted by atomic mass is 16.5. The van der Waals surface area contributed by atoms with Crippen molar-refractivity contribution < 1.29 is 9.53 Å². The van der Waals surface area contributed by atoms with Crippen molar-refractivity contribution in [2.75, 3.05) is 38.2 Å². The van der Waals surface area contributed by atoms with Gasteiger partial charge in [0.2, 0.25) is 0 Å². The van der Waals surface area contributed by atoms with E-state index in [1.165, 1.54) is 12.7 Å². The first-order chi connectivity index (χ1) is 12.2. The molecule has 0 unspecified atom stereocenters. The number of nitrogens with one attached hydrogen (secondary N) is 1. The highest BCUT2D eigenvalue weighted by Crippen LogP contribution is 2.42. The van der Waals surface area contributed by atoms with Gasteiger partial charge in [0.25, 0.3) is 5.91 Å². The predicted molar refractivity (Wildman–Crippen MR) is 96.7 cm³/mol. The van der Waals surface area contributed by atoms with Crippen LogP contribution in [0.15, 0.2) is 24.5 Å². The third-order valence-corrected chi connectivity index (χ3v) is 5.37. The third-order valence-electron chi connectivity index (χ3n) is 5.37. The Morgan fingerprint density at radius 3 is 3.00 bits per heavy atom. The summed E-state index contributed by atoms with van der Waals surface area (Å²) in [6.45, 7) is 5.69. The number of hydrogen-bond donors (Lipinski definition) is 1. The Balaban J connectivity index is 1.61. The van der Waals surface area contributed by atoms with Crippen molar-refractivity contribution >= 4 is 22.6 Å². The first-order valence-corrected chi connectivity index (χ1v) is 9.06. The Kier molecular flexibility index (Phi) is 4.29. The zero-order valence-electron chi connectivity index (χ0n) is 14.6. The van der Waals surface area contributed by atoms with Crippen LogP contribution in [0.3, 0.4) is 0 Å². The minimum atomic E-state index is 0.0716. The quantitative estimate of drug-likeness (QED) is 0.930. The van der Waals surface area contributed by atoms with E-state index >= 15 is 0 Å². The van der Waals surface area contributed by atoms with Crippen LogP contribution in [0, 0.1) is 5.41 Å². The van der Waals surface area contributed by atoms with E-state index in [1.807, 2.05) is 30.0 Å². The van der Waals surface area contributed by atoms with Gasteiger partial charge < -0.3 is 15.0 Å².